The molecule has 0 bridgehead atoms. The fraction of sp³-hybridized carbons (Fsp3) is 0.625. The van der Waals surface area contributed by atoms with Crippen LogP contribution >= 0.6 is 7.92 Å². The van der Waals surface area contributed by atoms with Gasteiger partial charge in [0.05, 0.1) is 5.44 Å². The molecule has 0 aromatic carbocycles. The Kier molecular flexibility index (Phi) is 3.07. The van der Waals surface area contributed by atoms with Gasteiger partial charge in [-0.25, -0.2) is 0 Å². The van der Waals surface area contributed by atoms with E-state index in [1.54, 1.807) is 0 Å². The summed E-state index contributed by atoms with van der Waals surface area (Å²) in [6.45, 7) is 6.52. The van der Waals surface area contributed by atoms with Crippen molar-refractivity contribution in [2.45, 2.75) is 20.8 Å². The summed E-state index contributed by atoms with van der Waals surface area (Å²) >= 11 is 0. The Labute approximate surface area is 69.2 Å². The van der Waals surface area contributed by atoms with E-state index in [0.29, 0.717) is 0 Å². The summed E-state index contributed by atoms with van der Waals surface area (Å²) in [7, 11) is 0.0271. The summed E-state index contributed by atoms with van der Waals surface area (Å²) in [5, 5.41) is 7.25. The van der Waals surface area contributed by atoms with E-state index in [0.717, 1.165) is 0 Å². The van der Waals surface area contributed by atoms with Gasteiger partial charge in [0, 0.05) is 5.69 Å². The Bertz CT molecular complexity index is 216. The Balaban J connectivity index is 2.73. The van der Waals surface area contributed by atoms with Crippen LogP contribution in [0.5, 0.6) is 0 Å². The van der Waals surface area contributed by atoms with Crippen molar-refractivity contribution < 1.29 is 0 Å². The van der Waals surface area contributed by atoms with E-state index in [-0.39, 0.29) is 7.92 Å². The second-order valence-corrected chi connectivity index (χ2v) is 5.38. The van der Waals surface area contributed by atoms with Crippen LogP contribution in [0.15, 0.2) is 6.07 Å². The SMILES string of the molecule is CCP(CC)c1cc(C)[nH]n1. The molecule has 1 heterocycles. The van der Waals surface area contributed by atoms with Crippen molar-refractivity contribution in [3.05, 3.63) is 11.8 Å². The number of hydrogen-bond donors (Lipinski definition) is 1. The maximum Gasteiger partial charge on any atom is 0.0850 e. The first-order valence-electron chi connectivity index (χ1n) is 4.04. The lowest BCUT2D eigenvalue weighted by atomic mass is 10.5. The number of nitrogens with zero attached hydrogens (tertiary/aromatic N) is 1. The summed E-state index contributed by atoms with van der Waals surface area (Å²) in [6, 6.07) is 2.17. The molecule has 1 rings (SSSR count). The van der Waals surface area contributed by atoms with Crippen LogP contribution < -0.4 is 5.44 Å². The molecule has 0 unspecified atom stereocenters. The van der Waals surface area contributed by atoms with Crippen molar-refractivity contribution in [1.82, 2.24) is 10.2 Å². The zero-order valence-corrected chi connectivity index (χ0v) is 8.28. The van der Waals surface area contributed by atoms with E-state index in [9.17, 15) is 0 Å². The van der Waals surface area contributed by atoms with Gasteiger partial charge in [0.1, 0.15) is 0 Å². The summed E-state index contributed by atoms with van der Waals surface area (Å²) in [4.78, 5) is 0. The Hall–Kier alpha value is -0.360. The van der Waals surface area contributed by atoms with E-state index in [4.69, 9.17) is 0 Å². The van der Waals surface area contributed by atoms with Gasteiger partial charge >= 0.3 is 0 Å². The number of aryl methyl sites for hydroxylation is 1. The maximum absolute atomic E-state index is 4.26. The van der Waals surface area contributed by atoms with Crippen molar-refractivity contribution in [2.24, 2.45) is 0 Å². The molecule has 0 aliphatic carbocycles. The van der Waals surface area contributed by atoms with Crippen LogP contribution in [0.1, 0.15) is 19.5 Å². The van der Waals surface area contributed by atoms with Gasteiger partial charge < -0.3 is 0 Å². The van der Waals surface area contributed by atoms with Gasteiger partial charge in [-0.05, 0) is 25.3 Å². The highest BCUT2D eigenvalue weighted by molar-refractivity contribution is 7.65. The molecule has 0 aliphatic heterocycles. The zero-order chi connectivity index (χ0) is 8.27. The molecule has 0 amide bonds. The van der Waals surface area contributed by atoms with Crippen LogP contribution in [0.25, 0.3) is 0 Å². The van der Waals surface area contributed by atoms with Crippen LogP contribution in [0.4, 0.5) is 0 Å². The van der Waals surface area contributed by atoms with Gasteiger partial charge in [0.25, 0.3) is 0 Å². The average Bonchev–Trinajstić information content (AvgIpc) is 2.39. The molecule has 1 aromatic rings. The lowest BCUT2D eigenvalue weighted by Crippen LogP contribution is -2.04. The number of aromatic nitrogens is 2. The molecule has 0 saturated carbocycles. The van der Waals surface area contributed by atoms with Crippen LogP contribution in [0.2, 0.25) is 0 Å². The first-order valence-corrected chi connectivity index (χ1v) is 5.76. The van der Waals surface area contributed by atoms with Crippen molar-refractivity contribution in [3.8, 4) is 0 Å². The third-order valence-electron chi connectivity index (χ3n) is 1.78. The molecule has 2 nitrogen and oxygen atoms in total. The van der Waals surface area contributed by atoms with E-state index in [1.807, 2.05) is 0 Å². The van der Waals surface area contributed by atoms with Gasteiger partial charge in [-0.1, -0.05) is 21.8 Å². The smallest absolute Gasteiger partial charge is 0.0850 e. The molecule has 0 spiro atoms. The highest BCUT2D eigenvalue weighted by Gasteiger charge is 2.08. The van der Waals surface area contributed by atoms with Gasteiger partial charge in [-0.2, -0.15) is 5.10 Å². The van der Waals surface area contributed by atoms with Gasteiger partial charge in [-0.15, -0.1) is 0 Å². The molecule has 0 saturated heterocycles. The predicted octanol–water partition coefficient (Wildman–Crippen LogP) is 1.87. The Morgan fingerprint density at radius 3 is 2.45 bits per heavy atom. The van der Waals surface area contributed by atoms with Crippen molar-refractivity contribution in [3.63, 3.8) is 0 Å². The molecule has 11 heavy (non-hydrogen) atoms. The molecule has 0 fully saturated rings. The quantitative estimate of drug-likeness (QED) is 0.689. The molecule has 0 radical (unpaired) electrons. The van der Waals surface area contributed by atoms with Crippen molar-refractivity contribution in [2.75, 3.05) is 12.3 Å². The number of H-pyrrole nitrogens is 1. The largest absolute Gasteiger partial charge is 0.282 e. The fourth-order valence-corrected chi connectivity index (χ4v) is 2.78. The number of nitrogens with one attached hydrogen (secondary N) is 1. The molecular formula is C8H15N2P. The van der Waals surface area contributed by atoms with Crippen molar-refractivity contribution in [1.29, 1.82) is 0 Å². The van der Waals surface area contributed by atoms with E-state index >= 15 is 0 Å². The summed E-state index contributed by atoms with van der Waals surface area (Å²) < 4.78 is 0. The number of hydrogen-bond acceptors (Lipinski definition) is 1. The van der Waals surface area contributed by atoms with Crippen LogP contribution in [0.3, 0.4) is 0 Å². The fourth-order valence-electron chi connectivity index (χ4n) is 1.11. The standard InChI is InChI=1S/C8H15N2P/c1-4-11(5-2)8-6-7(3)9-10-8/h6H,4-5H2,1-3H3,(H,9,10). The minimum Gasteiger partial charge on any atom is -0.282 e. The highest BCUT2D eigenvalue weighted by atomic mass is 31.1. The summed E-state index contributed by atoms with van der Waals surface area (Å²) in [6.07, 6.45) is 2.49. The average molecular weight is 170 g/mol. The van der Waals surface area contributed by atoms with Gasteiger partial charge in [0.15, 0.2) is 0 Å². The second-order valence-electron chi connectivity index (χ2n) is 2.58. The Morgan fingerprint density at radius 1 is 1.45 bits per heavy atom. The summed E-state index contributed by atoms with van der Waals surface area (Å²) in [5.74, 6) is 0. The summed E-state index contributed by atoms with van der Waals surface area (Å²) in [5.41, 5.74) is 2.46. The van der Waals surface area contributed by atoms with E-state index in [2.05, 4.69) is 37.0 Å². The van der Waals surface area contributed by atoms with Crippen LogP contribution in [-0.4, -0.2) is 22.5 Å². The molecule has 3 heteroatoms. The van der Waals surface area contributed by atoms with Crippen molar-refractivity contribution >= 4 is 13.4 Å². The molecule has 62 valence electrons. The van der Waals surface area contributed by atoms with Gasteiger partial charge in [-0.3, -0.25) is 5.10 Å². The second kappa shape index (κ2) is 3.87. The van der Waals surface area contributed by atoms with Crippen LogP contribution in [-0.2, 0) is 0 Å². The minimum absolute atomic E-state index is 0.0271. The number of rotatable bonds is 3. The lowest BCUT2D eigenvalue weighted by Gasteiger charge is -2.07. The molecule has 0 atom stereocenters. The van der Waals surface area contributed by atoms with E-state index < -0.39 is 0 Å². The maximum atomic E-state index is 4.26. The molecule has 1 N–H and O–H groups in total. The molecule has 1 aromatic heterocycles. The zero-order valence-electron chi connectivity index (χ0n) is 7.39. The number of aromatic amines is 1. The Morgan fingerprint density at radius 2 is 2.09 bits per heavy atom. The van der Waals surface area contributed by atoms with Gasteiger partial charge in [0.2, 0.25) is 0 Å². The normalized spacial score (nSPS) is 10.9. The highest BCUT2D eigenvalue weighted by Crippen LogP contribution is 2.31. The molecule has 0 aliphatic rings. The first kappa shape index (κ1) is 8.73. The third kappa shape index (κ3) is 2.03. The lowest BCUT2D eigenvalue weighted by molar-refractivity contribution is 1.06. The first-order chi connectivity index (χ1) is 5.27. The van der Waals surface area contributed by atoms with Crippen LogP contribution in [0, 0.1) is 6.92 Å². The third-order valence-corrected chi connectivity index (χ3v) is 4.18. The molecular weight excluding hydrogens is 155 g/mol. The predicted molar refractivity (Wildman–Crippen MR) is 51.0 cm³/mol. The van der Waals surface area contributed by atoms with E-state index in [1.165, 1.54) is 23.5 Å². The minimum atomic E-state index is 0.0271. The topological polar surface area (TPSA) is 28.7 Å². The monoisotopic (exact) mass is 170 g/mol.